The Labute approximate surface area is 148 Å². The van der Waals surface area contributed by atoms with E-state index in [1.807, 2.05) is 51.1 Å². The zero-order valence-corrected chi connectivity index (χ0v) is 15.1. The lowest BCUT2D eigenvalue weighted by Crippen LogP contribution is -2.55. The van der Waals surface area contributed by atoms with E-state index in [0.717, 1.165) is 23.7 Å². The van der Waals surface area contributed by atoms with Crippen LogP contribution in [0.15, 0.2) is 36.4 Å². The Hall–Kier alpha value is -2.43. The molecule has 1 N–H and O–H groups in total. The molecule has 2 heterocycles. The lowest BCUT2D eigenvalue weighted by molar-refractivity contribution is -0.128. The molecule has 1 saturated heterocycles. The number of likely N-dealkylation sites (tertiary alicyclic amines) is 1. The number of amides is 2. The topological polar surface area (TPSA) is 62.3 Å². The highest BCUT2D eigenvalue weighted by atomic mass is 16.2. The summed E-state index contributed by atoms with van der Waals surface area (Å²) in [5.74, 6) is -0.249. The van der Waals surface area contributed by atoms with Gasteiger partial charge in [0.15, 0.2) is 0 Å². The van der Waals surface area contributed by atoms with Crippen LogP contribution in [0.5, 0.6) is 0 Å². The summed E-state index contributed by atoms with van der Waals surface area (Å²) in [6.07, 6.45) is 2.57. The Balaban J connectivity index is 1.85. The second-order valence-corrected chi connectivity index (χ2v) is 7.64. The van der Waals surface area contributed by atoms with Crippen LogP contribution >= 0.6 is 0 Å². The predicted molar refractivity (Wildman–Crippen MR) is 98.3 cm³/mol. The number of hydrogen-bond donors (Lipinski definition) is 1. The highest BCUT2D eigenvalue weighted by Crippen LogP contribution is 2.21. The molecule has 0 radical (unpaired) electrons. The number of nitrogens with one attached hydrogen (secondary N) is 1. The van der Waals surface area contributed by atoms with Crippen LogP contribution in [0, 0.1) is 0 Å². The maximum Gasteiger partial charge on any atom is 0.273 e. The van der Waals surface area contributed by atoms with E-state index >= 15 is 0 Å². The zero-order chi connectivity index (χ0) is 18.0. The van der Waals surface area contributed by atoms with E-state index in [9.17, 15) is 9.59 Å². The number of rotatable bonds is 2. The molecule has 132 valence electrons. The minimum Gasteiger partial charge on any atom is -0.350 e. The van der Waals surface area contributed by atoms with E-state index in [0.29, 0.717) is 18.7 Å². The van der Waals surface area contributed by atoms with Gasteiger partial charge >= 0.3 is 0 Å². The summed E-state index contributed by atoms with van der Waals surface area (Å²) in [7, 11) is 0. The molecule has 1 fully saturated rings. The summed E-state index contributed by atoms with van der Waals surface area (Å²) < 4.78 is 0. The van der Waals surface area contributed by atoms with Gasteiger partial charge in [0.05, 0.1) is 5.52 Å². The first kappa shape index (κ1) is 17.4. The summed E-state index contributed by atoms with van der Waals surface area (Å²) in [6, 6.07) is 11.0. The van der Waals surface area contributed by atoms with Crippen LogP contribution in [0.2, 0.25) is 0 Å². The first-order valence-electron chi connectivity index (χ1n) is 8.84. The van der Waals surface area contributed by atoms with Gasteiger partial charge in [-0.05, 0) is 52.2 Å². The van der Waals surface area contributed by atoms with E-state index in [1.165, 1.54) is 0 Å². The number of fused-ring (bicyclic) bond motifs is 1. The van der Waals surface area contributed by atoms with Crippen molar-refractivity contribution in [2.75, 3.05) is 6.54 Å². The predicted octanol–water partition coefficient (Wildman–Crippen LogP) is 3.14. The van der Waals surface area contributed by atoms with Crippen molar-refractivity contribution in [1.82, 2.24) is 15.2 Å². The van der Waals surface area contributed by atoms with Crippen molar-refractivity contribution >= 4 is 22.7 Å². The number of aromatic nitrogens is 1. The standard InChI is InChI=1S/C20H25N3O2/c1-20(2,3)22-18(24)17-10-6-7-13-23(17)19(25)16-12-11-14-8-4-5-9-15(14)21-16/h4-5,8-9,11-12,17H,6-7,10,13H2,1-3H3,(H,22,24). The monoisotopic (exact) mass is 339 g/mol. The van der Waals surface area contributed by atoms with Crippen molar-refractivity contribution in [1.29, 1.82) is 0 Å². The second-order valence-electron chi connectivity index (χ2n) is 7.64. The Morgan fingerprint density at radius 1 is 1.12 bits per heavy atom. The quantitative estimate of drug-likeness (QED) is 0.914. The number of pyridine rings is 1. The van der Waals surface area contributed by atoms with Gasteiger partial charge in [0, 0.05) is 17.5 Å². The summed E-state index contributed by atoms with van der Waals surface area (Å²) in [5.41, 5.74) is 0.875. The van der Waals surface area contributed by atoms with Crippen molar-refractivity contribution in [3.63, 3.8) is 0 Å². The fraction of sp³-hybridized carbons (Fsp3) is 0.450. The fourth-order valence-electron chi connectivity index (χ4n) is 3.23. The van der Waals surface area contributed by atoms with Gasteiger partial charge in [0.25, 0.3) is 5.91 Å². The molecule has 1 atom stereocenters. The van der Waals surface area contributed by atoms with Crippen LogP contribution in [0.25, 0.3) is 10.9 Å². The number of carbonyl (C=O) groups is 2. The van der Waals surface area contributed by atoms with Gasteiger partial charge in [-0.2, -0.15) is 0 Å². The average molecular weight is 339 g/mol. The van der Waals surface area contributed by atoms with Gasteiger partial charge in [-0.3, -0.25) is 9.59 Å². The molecule has 0 saturated carbocycles. The van der Waals surface area contributed by atoms with Gasteiger partial charge in [-0.15, -0.1) is 0 Å². The maximum atomic E-state index is 13.0. The highest BCUT2D eigenvalue weighted by Gasteiger charge is 2.34. The van der Waals surface area contributed by atoms with Crippen LogP contribution < -0.4 is 5.32 Å². The van der Waals surface area contributed by atoms with Crippen molar-refractivity contribution in [2.45, 2.75) is 51.6 Å². The Bertz CT molecular complexity index is 795. The normalized spacial score (nSPS) is 18.2. The van der Waals surface area contributed by atoms with E-state index in [-0.39, 0.29) is 17.4 Å². The SMILES string of the molecule is CC(C)(C)NC(=O)C1CCCCN1C(=O)c1ccc2ccccc2n1. The van der Waals surface area contributed by atoms with Crippen LogP contribution in [-0.4, -0.2) is 39.8 Å². The Morgan fingerprint density at radius 2 is 1.88 bits per heavy atom. The van der Waals surface area contributed by atoms with Crippen molar-refractivity contribution in [2.24, 2.45) is 0 Å². The molecule has 2 amide bonds. The second kappa shape index (κ2) is 6.82. The van der Waals surface area contributed by atoms with Gasteiger partial charge < -0.3 is 10.2 Å². The van der Waals surface area contributed by atoms with E-state index in [1.54, 1.807) is 11.0 Å². The number of nitrogens with zero attached hydrogens (tertiary/aromatic N) is 2. The van der Waals surface area contributed by atoms with Gasteiger partial charge in [0.2, 0.25) is 5.91 Å². The maximum absolute atomic E-state index is 13.0. The third-order valence-electron chi connectivity index (χ3n) is 4.38. The lowest BCUT2D eigenvalue weighted by atomic mass is 9.99. The first-order chi connectivity index (χ1) is 11.8. The molecular formula is C20H25N3O2. The van der Waals surface area contributed by atoms with E-state index in [2.05, 4.69) is 10.3 Å². The molecule has 0 bridgehead atoms. The summed E-state index contributed by atoms with van der Waals surface area (Å²) in [6.45, 7) is 6.44. The van der Waals surface area contributed by atoms with Crippen LogP contribution in [0.3, 0.4) is 0 Å². The van der Waals surface area contributed by atoms with E-state index < -0.39 is 6.04 Å². The van der Waals surface area contributed by atoms with Crippen LogP contribution in [-0.2, 0) is 4.79 Å². The molecule has 25 heavy (non-hydrogen) atoms. The van der Waals surface area contributed by atoms with Gasteiger partial charge in [0.1, 0.15) is 11.7 Å². The molecule has 1 unspecified atom stereocenters. The fourth-order valence-corrected chi connectivity index (χ4v) is 3.23. The van der Waals surface area contributed by atoms with E-state index in [4.69, 9.17) is 0 Å². The molecule has 1 aromatic heterocycles. The number of benzene rings is 1. The molecule has 0 aliphatic carbocycles. The molecule has 5 heteroatoms. The number of piperidine rings is 1. The molecule has 2 aromatic rings. The Kier molecular flexibility index (Phi) is 4.75. The minimum absolute atomic E-state index is 0.0821. The lowest BCUT2D eigenvalue weighted by Gasteiger charge is -2.36. The zero-order valence-electron chi connectivity index (χ0n) is 15.1. The van der Waals surface area contributed by atoms with Crippen molar-refractivity contribution in [3.8, 4) is 0 Å². The minimum atomic E-state index is -0.422. The third kappa shape index (κ3) is 3.98. The van der Waals surface area contributed by atoms with Gasteiger partial charge in [-0.1, -0.05) is 24.3 Å². The van der Waals surface area contributed by atoms with Crippen LogP contribution in [0.1, 0.15) is 50.5 Å². The average Bonchev–Trinajstić information content (AvgIpc) is 2.59. The third-order valence-corrected chi connectivity index (χ3v) is 4.38. The molecule has 0 spiro atoms. The molecule has 1 aliphatic rings. The number of hydrogen-bond acceptors (Lipinski definition) is 3. The summed E-state index contributed by atoms with van der Waals surface area (Å²) in [4.78, 5) is 31.8. The molecule has 1 aromatic carbocycles. The largest absolute Gasteiger partial charge is 0.350 e. The molecule has 5 nitrogen and oxygen atoms in total. The number of para-hydroxylation sites is 1. The first-order valence-corrected chi connectivity index (χ1v) is 8.84. The summed E-state index contributed by atoms with van der Waals surface area (Å²) >= 11 is 0. The summed E-state index contributed by atoms with van der Waals surface area (Å²) in [5, 5.41) is 4.00. The molecular weight excluding hydrogens is 314 g/mol. The molecule has 3 rings (SSSR count). The molecule has 1 aliphatic heterocycles. The highest BCUT2D eigenvalue weighted by molar-refractivity contribution is 5.98. The number of carbonyl (C=O) groups excluding carboxylic acids is 2. The van der Waals surface area contributed by atoms with Crippen molar-refractivity contribution < 1.29 is 9.59 Å². The van der Waals surface area contributed by atoms with Gasteiger partial charge in [-0.25, -0.2) is 4.98 Å². The van der Waals surface area contributed by atoms with Crippen LogP contribution in [0.4, 0.5) is 0 Å². The van der Waals surface area contributed by atoms with Crippen molar-refractivity contribution in [3.05, 3.63) is 42.1 Å². The smallest absolute Gasteiger partial charge is 0.273 e. The Morgan fingerprint density at radius 3 is 2.64 bits per heavy atom.